The number of hydrogen-bond acceptors (Lipinski definition) is 3. The minimum atomic E-state index is -0.118. The minimum Gasteiger partial charge on any atom is -0.376 e. The molecule has 1 aliphatic carbocycles. The fourth-order valence-corrected chi connectivity index (χ4v) is 3.15. The van der Waals surface area contributed by atoms with Crippen molar-refractivity contribution in [3.05, 3.63) is 18.2 Å². The molecule has 1 aromatic rings. The van der Waals surface area contributed by atoms with Crippen molar-refractivity contribution in [1.82, 2.24) is 20.2 Å². The molecule has 1 fully saturated rings. The van der Waals surface area contributed by atoms with E-state index in [4.69, 9.17) is 4.74 Å². The van der Waals surface area contributed by atoms with Gasteiger partial charge in [0.15, 0.2) is 0 Å². The highest BCUT2D eigenvalue weighted by Crippen LogP contribution is 2.34. The third kappa shape index (κ3) is 3.20. The third-order valence-corrected chi connectivity index (χ3v) is 4.87. The first-order valence-corrected chi connectivity index (χ1v) is 7.78. The van der Waals surface area contributed by atoms with E-state index in [2.05, 4.69) is 20.2 Å². The van der Waals surface area contributed by atoms with Crippen molar-refractivity contribution in [3.8, 4) is 0 Å². The van der Waals surface area contributed by atoms with Gasteiger partial charge >= 0.3 is 6.03 Å². The summed E-state index contributed by atoms with van der Waals surface area (Å²) >= 11 is 0. The number of ether oxygens (including phenoxy) is 1. The lowest BCUT2D eigenvalue weighted by atomic mass is 9.80. The standard InChI is InChI=1S/C15H24N4O2/c1-21-15(4-2-5-15)11-18-14(20)17-10-12-3-7-19-8-6-16-13(19)9-12/h6,8,12H,2-5,7,9-11H2,1H3,(H2,17,18,20)/t12-/m0/s1. The van der Waals surface area contributed by atoms with E-state index in [9.17, 15) is 4.79 Å². The lowest BCUT2D eigenvalue weighted by Gasteiger charge is -2.40. The first-order chi connectivity index (χ1) is 10.2. The summed E-state index contributed by atoms with van der Waals surface area (Å²) in [6, 6.07) is -0.0905. The van der Waals surface area contributed by atoms with Crippen LogP contribution in [0.15, 0.2) is 12.4 Å². The van der Waals surface area contributed by atoms with Crippen molar-refractivity contribution < 1.29 is 9.53 Å². The first-order valence-electron chi connectivity index (χ1n) is 7.78. The normalized spacial score (nSPS) is 23.0. The van der Waals surface area contributed by atoms with Gasteiger partial charge in [0.25, 0.3) is 0 Å². The number of rotatable bonds is 5. The van der Waals surface area contributed by atoms with Crippen LogP contribution in [0, 0.1) is 5.92 Å². The van der Waals surface area contributed by atoms with Gasteiger partial charge in [0.05, 0.1) is 5.60 Å². The van der Waals surface area contributed by atoms with Gasteiger partial charge in [-0.3, -0.25) is 0 Å². The molecular formula is C15H24N4O2. The smallest absolute Gasteiger partial charge is 0.314 e. The Hall–Kier alpha value is -1.56. The Morgan fingerprint density at radius 1 is 1.52 bits per heavy atom. The van der Waals surface area contributed by atoms with Crippen molar-refractivity contribution in [2.24, 2.45) is 5.92 Å². The predicted octanol–water partition coefficient (Wildman–Crippen LogP) is 1.31. The maximum atomic E-state index is 11.9. The highest BCUT2D eigenvalue weighted by atomic mass is 16.5. The minimum absolute atomic E-state index is 0.0905. The lowest BCUT2D eigenvalue weighted by Crippen LogP contribution is -2.51. The molecule has 2 amide bonds. The van der Waals surface area contributed by atoms with Crippen molar-refractivity contribution in [2.45, 2.75) is 44.2 Å². The van der Waals surface area contributed by atoms with Crippen molar-refractivity contribution in [1.29, 1.82) is 0 Å². The number of imidazole rings is 1. The van der Waals surface area contributed by atoms with Crippen LogP contribution in [-0.2, 0) is 17.7 Å². The van der Waals surface area contributed by atoms with E-state index in [1.165, 1.54) is 6.42 Å². The Bertz CT molecular complexity index is 490. The summed E-state index contributed by atoms with van der Waals surface area (Å²) in [6.45, 7) is 2.30. The third-order valence-electron chi connectivity index (χ3n) is 4.87. The number of amides is 2. The number of nitrogens with zero attached hydrogens (tertiary/aromatic N) is 2. The molecule has 0 radical (unpaired) electrons. The van der Waals surface area contributed by atoms with Crippen LogP contribution in [0.5, 0.6) is 0 Å². The Morgan fingerprint density at radius 2 is 2.38 bits per heavy atom. The zero-order chi connectivity index (χ0) is 14.7. The van der Waals surface area contributed by atoms with Crippen LogP contribution in [-0.4, -0.2) is 41.4 Å². The maximum Gasteiger partial charge on any atom is 0.314 e. The second kappa shape index (κ2) is 6.05. The van der Waals surface area contributed by atoms with Crippen LogP contribution >= 0.6 is 0 Å². The number of nitrogens with one attached hydrogen (secondary N) is 2. The highest BCUT2D eigenvalue weighted by molar-refractivity contribution is 5.73. The average Bonchev–Trinajstić information content (AvgIpc) is 2.92. The first kappa shape index (κ1) is 14.4. The van der Waals surface area contributed by atoms with Gasteiger partial charge in [-0.15, -0.1) is 0 Å². The number of fused-ring (bicyclic) bond motifs is 1. The predicted molar refractivity (Wildman–Crippen MR) is 79.0 cm³/mol. The number of urea groups is 1. The molecule has 0 bridgehead atoms. The van der Waals surface area contributed by atoms with Gasteiger partial charge < -0.3 is 19.9 Å². The quantitative estimate of drug-likeness (QED) is 0.860. The molecule has 1 saturated carbocycles. The van der Waals surface area contributed by atoms with Gasteiger partial charge in [-0.1, -0.05) is 0 Å². The molecule has 6 heteroatoms. The van der Waals surface area contributed by atoms with Gasteiger partial charge in [0, 0.05) is 45.6 Å². The monoisotopic (exact) mass is 292 g/mol. The van der Waals surface area contributed by atoms with Crippen LogP contribution in [0.4, 0.5) is 4.79 Å². The molecule has 116 valence electrons. The van der Waals surface area contributed by atoms with E-state index in [1.54, 1.807) is 7.11 Å². The second-order valence-corrected chi connectivity index (χ2v) is 6.20. The fraction of sp³-hybridized carbons (Fsp3) is 0.733. The lowest BCUT2D eigenvalue weighted by molar-refractivity contribution is -0.0674. The molecule has 1 aliphatic heterocycles. The topological polar surface area (TPSA) is 68.2 Å². The Balaban J connectivity index is 1.38. The van der Waals surface area contributed by atoms with Gasteiger partial charge in [-0.25, -0.2) is 9.78 Å². The zero-order valence-corrected chi connectivity index (χ0v) is 12.6. The van der Waals surface area contributed by atoms with Crippen LogP contribution in [0.25, 0.3) is 0 Å². The number of carbonyl (C=O) groups is 1. The molecule has 21 heavy (non-hydrogen) atoms. The molecule has 1 atom stereocenters. The summed E-state index contributed by atoms with van der Waals surface area (Å²) in [5.41, 5.74) is -0.118. The fourth-order valence-electron chi connectivity index (χ4n) is 3.15. The van der Waals surface area contributed by atoms with Crippen LogP contribution < -0.4 is 10.6 Å². The molecule has 1 aromatic heterocycles. The number of hydrogen-bond donors (Lipinski definition) is 2. The van der Waals surface area contributed by atoms with Gasteiger partial charge in [0.1, 0.15) is 5.82 Å². The molecular weight excluding hydrogens is 268 g/mol. The Morgan fingerprint density at radius 3 is 3.10 bits per heavy atom. The second-order valence-electron chi connectivity index (χ2n) is 6.20. The molecule has 3 rings (SSSR count). The van der Waals surface area contributed by atoms with Crippen molar-refractivity contribution in [2.75, 3.05) is 20.2 Å². The highest BCUT2D eigenvalue weighted by Gasteiger charge is 2.37. The molecule has 0 saturated heterocycles. The molecule has 2 heterocycles. The van der Waals surface area contributed by atoms with E-state index in [-0.39, 0.29) is 11.6 Å². The number of carbonyl (C=O) groups excluding carboxylic acids is 1. The SMILES string of the molecule is COC1(CNC(=O)NC[C@H]2CCn3ccnc3C2)CCC1. The summed E-state index contributed by atoms with van der Waals surface area (Å²) in [5, 5.41) is 5.91. The summed E-state index contributed by atoms with van der Waals surface area (Å²) in [7, 11) is 1.73. The Labute approximate surface area is 125 Å². The van der Waals surface area contributed by atoms with Crippen LogP contribution in [0.3, 0.4) is 0 Å². The van der Waals surface area contributed by atoms with Crippen molar-refractivity contribution in [3.63, 3.8) is 0 Å². The summed E-state index contributed by atoms with van der Waals surface area (Å²) < 4.78 is 7.69. The van der Waals surface area contributed by atoms with Gasteiger partial charge in [0.2, 0.25) is 0 Å². The molecule has 0 spiro atoms. The summed E-state index contributed by atoms with van der Waals surface area (Å²) in [5.74, 6) is 1.60. The largest absolute Gasteiger partial charge is 0.376 e. The van der Waals surface area contributed by atoms with Gasteiger partial charge in [-0.05, 0) is 31.6 Å². The number of methoxy groups -OCH3 is 1. The van der Waals surface area contributed by atoms with E-state index >= 15 is 0 Å². The van der Waals surface area contributed by atoms with Crippen molar-refractivity contribution >= 4 is 6.03 Å². The summed E-state index contributed by atoms with van der Waals surface area (Å²) in [4.78, 5) is 16.2. The molecule has 0 aromatic carbocycles. The average molecular weight is 292 g/mol. The van der Waals surface area contributed by atoms with E-state index in [1.807, 2.05) is 12.4 Å². The number of aryl methyl sites for hydroxylation is 1. The Kier molecular flexibility index (Phi) is 4.14. The van der Waals surface area contributed by atoms with E-state index in [0.717, 1.165) is 38.1 Å². The van der Waals surface area contributed by atoms with Crippen LogP contribution in [0.1, 0.15) is 31.5 Å². The molecule has 6 nitrogen and oxygen atoms in total. The molecule has 2 aliphatic rings. The van der Waals surface area contributed by atoms with Crippen LogP contribution in [0.2, 0.25) is 0 Å². The summed E-state index contributed by atoms with van der Waals surface area (Å²) in [6.07, 6.45) is 9.16. The molecule has 2 N–H and O–H groups in total. The number of aromatic nitrogens is 2. The molecule has 0 unspecified atom stereocenters. The van der Waals surface area contributed by atoms with E-state index in [0.29, 0.717) is 19.0 Å². The van der Waals surface area contributed by atoms with Gasteiger partial charge in [-0.2, -0.15) is 0 Å². The zero-order valence-electron chi connectivity index (χ0n) is 12.6. The van der Waals surface area contributed by atoms with E-state index < -0.39 is 0 Å². The maximum absolute atomic E-state index is 11.9.